The quantitative estimate of drug-likeness (QED) is 0.597. The van der Waals surface area contributed by atoms with Gasteiger partial charge in [-0.25, -0.2) is 13.4 Å². The molecule has 158 valence electrons. The van der Waals surface area contributed by atoms with Crippen molar-refractivity contribution in [3.05, 3.63) is 76.5 Å². The van der Waals surface area contributed by atoms with Crippen LogP contribution in [0.3, 0.4) is 0 Å². The molecule has 0 aliphatic carbocycles. The lowest BCUT2D eigenvalue weighted by molar-refractivity contribution is 0.311. The van der Waals surface area contributed by atoms with Crippen LogP contribution in [0, 0.1) is 6.92 Å². The van der Waals surface area contributed by atoms with Gasteiger partial charge in [0.15, 0.2) is 5.03 Å². The van der Waals surface area contributed by atoms with E-state index >= 15 is 0 Å². The van der Waals surface area contributed by atoms with E-state index in [1.165, 1.54) is 6.33 Å². The molecule has 0 radical (unpaired) electrons. The van der Waals surface area contributed by atoms with E-state index in [1.807, 2.05) is 31.2 Å². The second-order valence-corrected chi connectivity index (χ2v) is 10.2. The van der Waals surface area contributed by atoms with Gasteiger partial charge in [0.1, 0.15) is 0 Å². The zero-order valence-electron chi connectivity index (χ0n) is 17.1. The normalized spacial score (nSPS) is 17.9. The highest BCUT2D eigenvalue weighted by atomic mass is 35.5. The van der Waals surface area contributed by atoms with Crippen LogP contribution < -0.4 is 0 Å². The zero-order valence-corrected chi connectivity index (χ0v) is 18.7. The van der Waals surface area contributed by atoms with Crippen molar-refractivity contribution in [1.82, 2.24) is 18.8 Å². The molecule has 1 aliphatic heterocycles. The van der Waals surface area contributed by atoms with Crippen LogP contribution in [0.4, 0.5) is 0 Å². The van der Waals surface area contributed by atoms with Crippen LogP contribution in [0.25, 0.3) is 0 Å². The molecule has 3 heterocycles. The predicted molar refractivity (Wildman–Crippen MR) is 117 cm³/mol. The zero-order chi connectivity index (χ0) is 21.3. The molecule has 0 N–H and O–H groups in total. The van der Waals surface area contributed by atoms with Crippen LogP contribution in [0.2, 0.25) is 5.02 Å². The smallest absolute Gasteiger partial charge is 0.262 e. The second kappa shape index (κ2) is 8.49. The second-order valence-electron chi connectivity index (χ2n) is 7.89. The highest BCUT2D eigenvalue weighted by Gasteiger charge is 2.33. The Balaban J connectivity index is 1.58. The maximum absolute atomic E-state index is 13.0. The molecule has 30 heavy (non-hydrogen) atoms. The van der Waals surface area contributed by atoms with Gasteiger partial charge < -0.3 is 4.57 Å². The summed E-state index contributed by atoms with van der Waals surface area (Å²) < 4.78 is 29.2. The van der Waals surface area contributed by atoms with Gasteiger partial charge in [0.05, 0.1) is 6.33 Å². The average molecular weight is 445 g/mol. The maximum atomic E-state index is 13.0. The summed E-state index contributed by atoms with van der Waals surface area (Å²) in [5.74, 6) is 0.0575. The highest BCUT2D eigenvalue weighted by molar-refractivity contribution is 7.89. The monoisotopic (exact) mass is 444 g/mol. The molecule has 3 aromatic rings. The molecule has 8 heteroatoms. The largest absolute Gasteiger partial charge is 0.339 e. The topological polar surface area (TPSA) is 68.1 Å². The summed E-state index contributed by atoms with van der Waals surface area (Å²) in [6, 6.07) is 12.0. The van der Waals surface area contributed by atoms with Crippen molar-refractivity contribution in [2.75, 3.05) is 13.1 Å². The fraction of sp³-hybridized carbons (Fsp3) is 0.364. The minimum absolute atomic E-state index is 0.0575. The Labute approximate surface area is 182 Å². The third kappa shape index (κ3) is 4.43. The van der Waals surface area contributed by atoms with Crippen LogP contribution >= 0.6 is 11.6 Å². The minimum atomic E-state index is -3.60. The number of hydrogen-bond donors (Lipinski definition) is 0. The van der Waals surface area contributed by atoms with E-state index < -0.39 is 10.0 Å². The van der Waals surface area contributed by atoms with Gasteiger partial charge in [-0.3, -0.25) is 4.98 Å². The van der Waals surface area contributed by atoms with Crippen LogP contribution in [0.15, 0.2) is 53.9 Å². The lowest BCUT2D eigenvalue weighted by atomic mass is 9.93. The summed E-state index contributed by atoms with van der Waals surface area (Å²) in [5, 5.41) is 0.848. The van der Waals surface area contributed by atoms with E-state index in [9.17, 15) is 8.42 Å². The summed E-state index contributed by atoms with van der Waals surface area (Å²) in [6.07, 6.45) is 5.49. The molecule has 6 nitrogen and oxygen atoms in total. The summed E-state index contributed by atoms with van der Waals surface area (Å²) in [5.41, 5.74) is 4.08. The van der Waals surface area contributed by atoms with Gasteiger partial charge in [-0.1, -0.05) is 29.8 Å². The number of benzene rings is 1. The van der Waals surface area contributed by atoms with Crippen LogP contribution in [0.5, 0.6) is 0 Å². The Morgan fingerprint density at radius 3 is 2.77 bits per heavy atom. The van der Waals surface area contributed by atoms with Crippen molar-refractivity contribution in [2.45, 2.75) is 37.1 Å². The number of nitrogens with zero attached hydrogens (tertiary/aromatic N) is 4. The number of aryl methyl sites for hydroxylation is 2. The number of hydrogen-bond acceptors (Lipinski definition) is 4. The number of piperidine rings is 1. The molecule has 4 rings (SSSR count). The molecule has 1 aliphatic rings. The average Bonchev–Trinajstić information content (AvgIpc) is 3.17. The Bertz CT molecular complexity index is 1160. The summed E-state index contributed by atoms with van der Waals surface area (Å²) >= 11 is 6.34. The molecule has 1 aromatic carbocycles. The lowest BCUT2D eigenvalue weighted by Crippen LogP contribution is -2.39. The first-order valence-corrected chi connectivity index (χ1v) is 11.8. The number of aromatic nitrogens is 3. The van der Waals surface area contributed by atoms with Crippen LogP contribution in [-0.4, -0.2) is 40.3 Å². The summed E-state index contributed by atoms with van der Waals surface area (Å²) in [7, 11) is -1.83. The Morgan fingerprint density at radius 1 is 1.23 bits per heavy atom. The summed E-state index contributed by atoms with van der Waals surface area (Å²) in [6.45, 7) is 2.90. The van der Waals surface area contributed by atoms with Crippen LogP contribution in [-0.2, 0) is 23.5 Å². The molecule has 0 unspecified atom stereocenters. The fourth-order valence-corrected chi connectivity index (χ4v) is 5.69. The van der Waals surface area contributed by atoms with Gasteiger partial charge in [-0.2, -0.15) is 4.31 Å². The molecule has 1 saturated heterocycles. The Hall–Kier alpha value is -2.22. The van der Waals surface area contributed by atoms with Crippen molar-refractivity contribution in [3.63, 3.8) is 0 Å². The molecule has 2 aromatic heterocycles. The predicted octanol–water partition coefficient (Wildman–Crippen LogP) is 3.94. The van der Waals surface area contributed by atoms with Crippen molar-refractivity contribution in [1.29, 1.82) is 0 Å². The van der Waals surface area contributed by atoms with E-state index in [-0.39, 0.29) is 10.9 Å². The maximum Gasteiger partial charge on any atom is 0.262 e. The first-order valence-electron chi connectivity index (χ1n) is 10.0. The van der Waals surface area contributed by atoms with Gasteiger partial charge in [-0.05, 0) is 55.5 Å². The number of rotatable bonds is 5. The number of imidazole rings is 1. The Kier molecular flexibility index (Phi) is 5.95. The Morgan fingerprint density at radius 2 is 2.03 bits per heavy atom. The molecule has 1 atom stereocenters. The minimum Gasteiger partial charge on any atom is -0.339 e. The molecular formula is C22H25ClN4O2S. The van der Waals surface area contributed by atoms with Gasteiger partial charge in [-0.15, -0.1) is 0 Å². The van der Waals surface area contributed by atoms with E-state index in [0.29, 0.717) is 13.1 Å². The van der Waals surface area contributed by atoms with E-state index in [0.717, 1.165) is 46.8 Å². The van der Waals surface area contributed by atoms with Crippen molar-refractivity contribution < 1.29 is 8.42 Å². The first-order chi connectivity index (χ1) is 14.3. The molecule has 0 spiro atoms. The van der Waals surface area contributed by atoms with Gasteiger partial charge in [0, 0.05) is 48.7 Å². The lowest BCUT2D eigenvalue weighted by Gasteiger charge is -2.31. The molecule has 0 amide bonds. The highest BCUT2D eigenvalue weighted by Crippen LogP contribution is 2.30. The molecular weight excluding hydrogens is 420 g/mol. The molecule has 1 fully saturated rings. The van der Waals surface area contributed by atoms with Crippen molar-refractivity contribution in [2.24, 2.45) is 7.05 Å². The third-order valence-corrected chi connectivity index (χ3v) is 7.59. The number of halogens is 1. The summed E-state index contributed by atoms with van der Waals surface area (Å²) in [4.78, 5) is 8.79. The standard InChI is InChI=1S/C22H25ClN4O2S/c1-16-10-17(11-18-6-3-4-8-20(18)23)12-21(25-16)19-7-5-9-27(13-19)30(28,29)22-14-26(2)15-24-22/h3-4,6,8,10,12,14-15,19H,5,7,9,11,13H2,1-2H3/t19-/m0/s1. The molecule has 0 bridgehead atoms. The van der Waals surface area contributed by atoms with Gasteiger partial charge in [0.25, 0.3) is 10.0 Å². The van der Waals surface area contributed by atoms with Crippen molar-refractivity contribution in [3.8, 4) is 0 Å². The van der Waals surface area contributed by atoms with E-state index in [1.54, 1.807) is 22.1 Å². The van der Waals surface area contributed by atoms with Crippen molar-refractivity contribution >= 4 is 21.6 Å². The number of pyridine rings is 1. The first kappa shape index (κ1) is 21.0. The fourth-order valence-electron chi connectivity index (χ4n) is 4.00. The third-order valence-electron chi connectivity index (χ3n) is 5.47. The SMILES string of the molecule is Cc1cc(Cc2ccccc2Cl)cc([C@H]2CCCN(S(=O)(=O)c3cn(C)cn3)C2)n1. The van der Waals surface area contributed by atoms with E-state index in [4.69, 9.17) is 16.6 Å². The van der Waals surface area contributed by atoms with Crippen LogP contribution in [0.1, 0.15) is 41.3 Å². The molecule has 0 saturated carbocycles. The van der Waals surface area contributed by atoms with Gasteiger partial charge in [0.2, 0.25) is 0 Å². The number of sulfonamides is 1. The van der Waals surface area contributed by atoms with E-state index in [2.05, 4.69) is 17.1 Å². The van der Waals surface area contributed by atoms with Gasteiger partial charge >= 0.3 is 0 Å².